The van der Waals surface area contributed by atoms with E-state index in [9.17, 15) is 0 Å². The molecule has 0 aliphatic carbocycles. The molecule has 1 aromatic heterocycles. The molecule has 0 fully saturated rings. The number of nitrogens with two attached hydrogens (primary N) is 1. The lowest BCUT2D eigenvalue weighted by Crippen LogP contribution is -2.36. The number of hydrogen-bond acceptors (Lipinski definition) is 4. The Bertz CT molecular complexity index is 307. The van der Waals surface area contributed by atoms with Crippen molar-refractivity contribution in [2.45, 2.75) is 33.7 Å². The van der Waals surface area contributed by atoms with Crippen molar-refractivity contribution < 1.29 is 0 Å². The maximum Gasteiger partial charge on any atom is 0.110 e. The van der Waals surface area contributed by atoms with E-state index in [4.69, 9.17) is 5.73 Å². The molecule has 1 heterocycles. The maximum absolute atomic E-state index is 5.68. The van der Waals surface area contributed by atoms with Crippen LogP contribution in [0.15, 0.2) is 5.38 Å². The normalized spacial score (nSPS) is 14.2. The van der Waals surface area contributed by atoms with Crippen molar-refractivity contribution in [1.82, 2.24) is 10.3 Å². The third-order valence-corrected chi connectivity index (χ3v) is 3.59. The van der Waals surface area contributed by atoms with E-state index in [1.807, 2.05) is 6.92 Å². The molecule has 1 rings (SSSR count). The van der Waals surface area contributed by atoms with E-state index in [-0.39, 0.29) is 5.41 Å². The third-order valence-electron chi connectivity index (χ3n) is 2.45. The second-order valence-corrected chi connectivity index (χ2v) is 5.69. The van der Waals surface area contributed by atoms with Gasteiger partial charge in [0, 0.05) is 17.6 Å². The number of aryl methyl sites for hydroxylation is 1. The van der Waals surface area contributed by atoms with Gasteiger partial charge in [0.15, 0.2) is 0 Å². The summed E-state index contributed by atoms with van der Waals surface area (Å²) in [7, 11) is 0. The number of aromatic nitrogens is 1. The highest BCUT2D eigenvalue weighted by Gasteiger charge is 2.17. The molecule has 1 unspecified atom stereocenters. The lowest BCUT2D eigenvalue weighted by Gasteiger charge is -2.24. The second kappa shape index (κ2) is 5.05. The number of nitrogens with one attached hydrogen (secondary N) is 1. The van der Waals surface area contributed by atoms with Crippen LogP contribution < -0.4 is 11.1 Å². The first-order valence-corrected chi connectivity index (χ1v) is 6.18. The molecule has 0 aromatic carbocycles. The summed E-state index contributed by atoms with van der Waals surface area (Å²) in [6.45, 7) is 10.1. The summed E-state index contributed by atoms with van der Waals surface area (Å²) < 4.78 is 0. The van der Waals surface area contributed by atoms with Crippen LogP contribution in [0.2, 0.25) is 0 Å². The molecule has 1 aromatic rings. The van der Waals surface area contributed by atoms with Crippen molar-refractivity contribution in [2.24, 2.45) is 11.1 Å². The van der Waals surface area contributed by atoms with Crippen molar-refractivity contribution >= 4 is 11.3 Å². The zero-order chi connectivity index (χ0) is 11.5. The van der Waals surface area contributed by atoms with Crippen molar-refractivity contribution in [1.29, 1.82) is 0 Å². The molecular formula is C11H21N3S. The molecule has 0 amide bonds. The molecule has 4 heteroatoms. The molecular weight excluding hydrogens is 206 g/mol. The van der Waals surface area contributed by atoms with E-state index in [0.29, 0.717) is 12.6 Å². The summed E-state index contributed by atoms with van der Waals surface area (Å²) in [5, 5.41) is 6.71. The minimum absolute atomic E-state index is 0.153. The highest BCUT2D eigenvalue weighted by molar-refractivity contribution is 7.09. The van der Waals surface area contributed by atoms with Crippen LogP contribution in [0, 0.1) is 12.3 Å². The quantitative estimate of drug-likeness (QED) is 0.810. The average Bonchev–Trinajstić information content (AvgIpc) is 2.61. The van der Waals surface area contributed by atoms with Crippen molar-refractivity contribution in [3.05, 3.63) is 16.1 Å². The minimum atomic E-state index is 0.153. The summed E-state index contributed by atoms with van der Waals surface area (Å²) >= 11 is 1.71. The van der Waals surface area contributed by atoms with E-state index in [0.717, 1.165) is 17.2 Å². The SMILES string of the molecule is Cc1csc(C(C)NCC(C)(C)CN)n1. The molecule has 0 saturated heterocycles. The molecule has 0 aliphatic rings. The topological polar surface area (TPSA) is 50.9 Å². The monoisotopic (exact) mass is 227 g/mol. The Morgan fingerprint density at radius 2 is 2.27 bits per heavy atom. The Kier molecular flexibility index (Phi) is 4.25. The van der Waals surface area contributed by atoms with Crippen LogP contribution in [-0.2, 0) is 0 Å². The highest BCUT2D eigenvalue weighted by atomic mass is 32.1. The zero-order valence-corrected chi connectivity index (χ0v) is 10.8. The van der Waals surface area contributed by atoms with Crippen molar-refractivity contribution in [3.8, 4) is 0 Å². The van der Waals surface area contributed by atoms with E-state index in [2.05, 4.69) is 36.5 Å². The van der Waals surface area contributed by atoms with Gasteiger partial charge in [-0.05, 0) is 25.8 Å². The summed E-state index contributed by atoms with van der Waals surface area (Å²) in [5.74, 6) is 0. The molecule has 15 heavy (non-hydrogen) atoms. The van der Waals surface area contributed by atoms with Crippen LogP contribution in [0.4, 0.5) is 0 Å². The largest absolute Gasteiger partial charge is 0.330 e. The fraction of sp³-hybridized carbons (Fsp3) is 0.727. The summed E-state index contributed by atoms with van der Waals surface area (Å²) in [6.07, 6.45) is 0. The van der Waals surface area contributed by atoms with Gasteiger partial charge in [0.1, 0.15) is 5.01 Å². The Balaban J connectivity index is 2.46. The Morgan fingerprint density at radius 1 is 1.60 bits per heavy atom. The predicted octanol–water partition coefficient (Wildman–Crippen LogP) is 2.09. The fourth-order valence-corrected chi connectivity index (χ4v) is 1.99. The molecule has 0 bridgehead atoms. The molecule has 3 N–H and O–H groups in total. The van der Waals surface area contributed by atoms with Crippen molar-refractivity contribution in [3.63, 3.8) is 0 Å². The molecule has 0 spiro atoms. The van der Waals surface area contributed by atoms with Crippen LogP contribution in [0.5, 0.6) is 0 Å². The Hall–Kier alpha value is -0.450. The molecule has 0 radical (unpaired) electrons. The van der Waals surface area contributed by atoms with E-state index >= 15 is 0 Å². The number of hydrogen-bond donors (Lipinski definition) is 2. The Morgan fingerprint density at radius 3 is 2.73 bits per heavy atom. The van der Waals surface area contributed by atoms with E-state index < -0.39 is 0 Å². The van der Waals surface area contributed by atoms with Gasteiger partial charge in [-0.1, -0.05) is 13.8 Å². The van der Waals surface area contributed by atoms with Gasteiger partial charge in [-0.3, -0.25) is 0 Å². The summed E-state index contributed by atoms with van der Waals surface area (Å²) in [5.41, 5.74) is 6.93. The lowest BCUT2D eigenvalue weighted by atomic mass is 9.93. The predicted molar refractivity (Wildman–Crippen MR) is 66.1 cm³/mol. The number of rotatable bonds is 5. The average molecular weight is 227 g/mol. The van der Waals surface area contributed by atoms with Gasteiger partial charge in [0.05, 0.1) is 6.04 Å². The van der Waals surface area contributed by atoms with Crippen molar-refractivity contribution in [2.75, 3.05) is 13.1 Å². The molecule has 0 saturated carbocycles. The Labute approximate surface area is 96.1 Å². The third kappa shape index (κ3) is 3.89. The number of nitrogens with zero attached hydrogens (tertiary/aromatic N) is 1. The molecule has 0 aliphatic heterocycles. The van der Waals surface area contributed by atoms with Crippen LogP contribution in [0.25, 0.3) is 0 Å². The van der Waals surface area contributed by atoms with Gasteiger partial charge in [0.25, 0.3) is 0 Å². The van der Waals surface area contributed by atoms with Gasteiger partial charge in [0.2, 0.25) is 0 Å². The van der Waals surface area contributed by atoms with Crippen LogP contribution in [0.3, 0.4) is 0 Å². The second-order valence-electron chi connectivity index (χ2n) is 4.80. The maximum atomic E-state index is 5.68. The molecule has 1 atom stereocenters. The molecule has 86 valence electrons. The van der Waals surface area contributed by atoms with E-state index in [1.165, 1.54) is 0 Å². The van der Waals surface area contributed by atoms with Gasteiger partial charge >= 0.3 is 0 Å². The fourth-order valence-electron chi connectivity index (χ4n) is 1.16. The summed E-state index contributed by atoms with van der Waals surface area (Å²) in [4.78, 5) is 4.46. The first kappa shape index (κ1) is 12.6. The zero-order valence-electron chi connectivity index (χ0n) is 10.0. The van der Waals surface area contributed by atoms with Crippen LogP contribution in [0.1, 0.15) is 37.5 Å². The first-order valence-electron chi connectivity index (χ1n) is 5.30. The lowest BCUT2D eigenvalue weighted by molar-refractivity contribution is 0.335. The van der Waals surface area contributed by atoms with E-state index in [1.54, 1.807) is 11.3 Å². The van der Waals surface area contributed by atoms with Crippen LogP contribution >= 0.6 is 11.3 Å². The van der Waals surface area contributed by atoms with Crippen LogP contribution in [-0.4, -0.2) is 18.1 Å². The van der Waals surface area contributed by atoms with Gasteiger partial charge in [-0.15, -0.1) is 11.3 Å². The molecule has 3 nitrogen and oxygen atoms in total. The highest BCUT2D eigenvalue weighted by Crippen LogP contribution is 2.19. The first-order chi connectivity index (χ1) is 6.94. The van der Waals surface area contributed by atoms with Gasteiger partial charge < -0.3 is 11.1 Å². The standard InChI is InChI=1S/C11H21N3S/c1-8-5-15-10(14-8)9(2)13-7-11(3,4)6-12/h5,9,13H,6-7,12H2,1-4H3. The van der Waals surface area contributed by atoms with Gasteiger partial charge in [-0.2, -0.15) is 0 Å². The minimum Gasteiger partial charge on any atom is -0.330 e. The smallest absolute Gasteiger partial charge is 0.110 e. The summed E-state index contributed by atoms with van der Waals surface area (Å²) in [6, 6.07) is 0.314. The van der Waals surface area contributed by atoms with Gasteiger partial charge in [-0.25, -0.2) is 4.98 Å². The number of thiazole rings is 1.